The van der Waals surface area contributed by atoms with Gasteiger partial charge in [0.2, 0.25) is 5.91 Å². The average molecular weight is 318 g/mol. The molecule has 0 bridgehead atoms. The van der Waals surface area contributed by atoms with Gasteiger partial charge < -0.3 is 9.64 Å². The molecule has 0 spiro atoms. The number of anilines is 1. The molecule has 0 N–H and O–H groups in total. The molecule has 0 unspecified atom stereocenters. The van der Waals surface area contributed by atoms with Crippen LogP contribution >= 0.6 is 0 Å². The van der Waals surface area contributed by atoms with Gasteiger partial charge in [-0.3, -0.25) is 9.69 Å². The quantitative estimate of drug-likeness (QED) is 0.771. The second-order valence-electron chi connectivity index (χ2n) is 6.53. The third kappa shape index (κ3) is 3.87. The minimum atomic E-state index is 0.162. The number of rotatable bonds is 5. The molecule has 3 rings (SSSR count). The molecule has 0 aliphatic carbocycles. The number of fused-ring (bicyclic) bond motifs is 1. The van der Waals surface area contributed by atoms with Crippen molar-refractivity contribution in [3.63, 3.8) is 0 Å². The van der Waals surface area contributed by atoms with E-state index in [0.717, 1.165) is 55.8 Å². The van der Waals surface area contributed by atoms with Crippen LogP contribution in [0.5, 0.6) is 0 Å². The van der Waals surface area contributed by atoms with E-state index in [1.54, 1.807) is 6.33 Å². The van der Waals surface area contributed by atoms with Crippen molar-refractivity contribution in [2.45, 2.75) is 45.1 Å². The predicted octanol–water partition coefficient (Wildman–Crippen LogP) is 1.57. The molecule has 2 aliphatic heterocycles. The van der Waals surface area contributed by atoms with E-state index in [-0.39, 0.29) is 5.91 Å². The number of ether oxygens (including phenoxy) is 1. The molecule has 1 aromatic heterocycles. The van der Waals surface area contributed by atoms with Gasteiger partial charge in [0.05, 0.1) is 6.10 Å². The largest absolute Gasteiger partial charge is 0.378 e. The molecule has 0 saturated carbocycles. The Morgan fingerprint density at radius 2 is 2.04 bits per heavy atom. The normalized spacial score (nSPS) is 19.9. The summed E-state index contributed by atoms with van der Waals surface area (Å²) in [6.07, 6.45) is 6.29. The standard InChI is InChI=1S/C17H26N4O2/c1-13-15-4-5-16(22)21(17(15)19-12-18-13)8-3-11-23-14-6-9-20(2)10-7-14/h12,14H,3-11H2,1-2H3. The Bertz CT molecular complexity index is 556. The zero-order chi connectivity index (χ0) is 16.2. The molecular weight excluding hydrogens is 292 g/mol. The van der Waals surface area contributed by atoms with Crippen molar-refractivity contribution < 1.29 is 9.53 Å². The van der Waals surface area contributed by atoms with E-state index < -0.39 is 0 Å². The maximum absolute atomic E-state index is 12.2. The maximum atomic E-state index is 12.2. The highest BCUT2D eigenvalue weighted by molar-refractivity contribution is 5.95. The molecule has 0 atom stereocenters. The Balaban J connectivity index is 1.50. The van der Waals surface area contributed by atoms with Crippen LogP contribution in [0.3, 0.4) is 0 Å². The lowest BCUT2D eigenvalue weighted by atomic mass is 10.0. The fourth-order valence-electron chi connectivity index (χ4n) is 3.35. The van der Waals surface area contributed by atoms with Crippen LogP contribution in [0, 0.1) is 6.92 Å². The summed E-state index contributed by atoms with van der Waals surface area (Å²) < 4.78 is 5.97. The van der Waals surface area contributed by atoms with Gasteiger partial charge in [0.15, 0.2) is 0 Å². The topological polar surface area (TPSA) is 58.6 Å². The van der Waals surface area contributed by atoms with Crippen LogP contribution in [0.25, 0.3) is 0 Å². The zero-order valence-corrected chi connectivity index (χ0v) is 14.1. The van der Waals surface area contributed by atoms with Crippen molar-refractivity contribution in [1.29, 1.82) is 0 Å². The van der Waals surface area contributed by atoms with E-state index in [1.807, 2.05) is 11.8 Å². The van der Waals surface area contributed by atoms with Gasteiger partial charge in [-0.2, -0.15) is 0 Å². The Kier molecular flexibility index (Phi) is 5.23. The van der Waals surface area contributed by atoms with Gasteiger partial charge in [0.1, 0.15) is 12.1 Å². The lowest BCUT2D eigenvalue weighted by Crippen LogP contribution is -2.38. The van der Waals surface area contributed by atoms with E-state index >= 15 is 0 Å². The van der Waals surface area contributed by atoms with E-state index in [9.17, 15) is 4.79 Å². The number of carbonyl (C=O) groups excluding carboxylic acids is 1. The molecule has 1 amide bonds. The molecule has 126 valence electrons. The summed E-state index contributed by atoms with van der Waals surface area (Å²) in [5.74, 6) is 0.961. The molecule has 1 saturated heterocycles. The summed E-state index contributed by atoms with van der Waals surface area (Å²) in [5, 5.41) is 0. The third-order valence-electron chi connectivity index (χ3n) is 4.83. The second kappa shape index (κ2) is 7.36. The summed E-state index contributed by atoms with van der Waals surface area (Å²) in [4.78, 5) is 24.9. The van der Waals surface area contributed by atoms with Crippen LogP contribution in [0.4, 0.5) is 5.82 Å². The number of hydrogen-bond acceptors (Lipinski definition) is 5. The number of carbonyl (C=O) groups is 1. The molecule has 6 heteroatoms. The summed E-state index contributed by atoms with van der Waals surface area (Å²) in [6.45, 7) is 5.59. The Morgan fingerprint density at radius 1 is 1.26 bits per heavy atom. The molecule has 2 aliphatic rings. The number of aryl methyl sites for hydroxylation is 1. The number of likely N-dealkylation sites (tertiary alicyclic amines) is 1. The van der Waals surface area contributed by atoms with Gasteiger partial charge in [-0.1, -0.05) is 0 Å². The number of piperidine rings is 1. The van der Waals surface area contributed by atoms with Crippen molar-refractivity contribution in [1.82, 2.24) is 14.9 Å². The molecule has 1 aromatic rings. The lowest BCUT2D eigenvalue weighted by molar-refractivity contribution is -0.119. The first-order valence-corrected chi connectivity index (χ1v) is 8.56. The lowest BCUT2D eigenvalue weighted by Gasteiger charge is -2.30. The van der Waals surface area contributed by atoms with Gasteiger partial charge in [0.25, 0.3) is 0 Å². The van der Waals surface area contributed by atoms with Crippen LogP contribution in [0.2, 0.25) is 0 Å². The highest BCUT2D eigenvalue weighted by atomic mass is 16.5. The minimum absolute atomic E-state index is 0.162. The molecule has 0 aromatic carbocycles. The summed E-state index contributed by atoms with van der Waals surface area (Å²) in [6, 6.07) is 0. The van der Waals surface area contributed by atoms with Crippen LogP contribution < -0.4 is 4.90 Å². The van der Waals surface area contributed by atoms with Gasteiger partial charge >= 0.3 is 0 Å². The monoisotopic (exact) mass is 318 g/mol. The Labute approximate surface area is 137 Å². The first-order valence-electron chi connectivity index (χ1n) is 8.56. The van der Waals surface area contributed by atoms with Crippen LogP contribution in [-0.2, 0) is 16.0 Å². The van der Waals surface area contributed by atoms with Crippen LogP contribution in [0.1, 0.15) is 36.9 Å². The van der Waals surface area contributed by atoms with Crippen molar-refractivity contribution in [2.24, 2.45) is 0 Å². The first-order chi connectivity index (χ1) is 11.1. The van der Waals surface area contributed by atoms with Crippen molar-refractivity contribution in [3.05, 3.63) is 17.6 Å². The van der Waals surface area contributed by atoms with E-state index in [2.05, 4.69) is 21.9 Å². The Hall–Kier alpha value is -1.53. The molecule has 3 heterocycles. The summed E-state index contributed by atoms with van der Waals surface area (Å²) in [7, 11) is 2.15. The molecule has 23 heavy (non-hydrogen) atoms. The fraction of sp³-hybridized carbons (Fsp3) is 0.706. The van der Waals surface area contributed by atoms with E-state index in [4.69, 9.17) is 4.74 Å². The van der Waals surface area contributed by atoms with Crippen LogP contribution in [0.15, 0.2) is 6.33 Å². The first kappa shape index (κ1) is 16.3. The number of aromatic nitrogens is 2. The second-order valence-corrected chi connectivity index (χ2v) is 6.53. The molecule has 6 nitrogen and oxygen atoms in total. The van der Waals surface area contributed by atoms with Gasteiger partial charge in [0, 0.05) is 43.9 Å². The highest BCUT2D eigenvalue weighted by Gasteiger charge is 2.26. The van der Waals surface area contributed by atoms with Crippen LogP contribution in [-0.4, -0.2) is 60.2 Å². The Morgan fingerprint density at radius 3 is 2.83 bits per heavy atom. The number of nitrogens with zero attached hydrogens (tertiary/aromatic N) is 4. The SMILES string of the molecule is Cc1ncnc2c1CCC(=O)N2CCCOC1CCN(C)CC1. The smallest absolute Gasteiger partial charge is 0.228 e. The number of hydrogen-bond donors (Lipinski definition) is 0. The average Bonchev–Trinajstić information content (AvgIpc) is 2.55. The third-order valence-corrected chi connectivity index (χ3v) is 4.83. The predicted molar refractivity (Wildman–Crippen MR) is 88.5 cm³/mol. The zero-order valence-electron chi connectivity index (χ0n) is 14.1. The van der Waals surface area contributed by atoms with Gasteiger partial charge in [-0.05, 0) is 39.7 Å². The number of amides is 1. The van der Waals surface area contributed by atoms with E-state index in [0.29, 0.717) is 25.7 Å². The van der Waals surface area contributed by atoms with Crippen molar-refractivity contribution in [2.75, 3.05) is 38.2 Å². The fourth-order valence-corrected chi connectivity index (χ4v) is 3.35. The minimum Gasteiger partial charge on any atom is -0.378 e. The molecule has 1 fully saturated rings. The highest BCUT2D eigenvalue weighted by Crippen LogP contribution is 2.27. The molecular formula is C17H26N4O2. The summed E-state index contributed by atoms with van der Waals surface area (Å²) >= 11 is 0. The summed E-state index contributed by atoms with van der Waals surface area (Å²) in [5.41, 5.74) is 2.10. The van der Waals surface area contributed by atoms with Crippen molar-refractivity contribution in [3.8, 4) is 0 Å². The van der Waals surface area contributed by atoms with Gasteiger partial charge in [-0.15, -0.1) is 0 Å². The van der Waals surface area contributed by atoms with Gasteiger partial charge in [-0.25, -0.2) is 9.97 Å². The van der Waals surface area contributed by atoms with E-state index in [1.165, 1.54) is 0 Å². The maximum Gasteiger partial charge on any atom is 0.228 e. The van der Waals surface area contributed by atoms with Crippen molar-refractivity contribution >= 4 is 11.7 Å². The molecule has 0 radical (unpaired) electrons.